The number of ether oxygens (including phenoxy) is 4. The number of pyridine rings is 2. The van der Waals surface area contributed by atoms with E-state index in [1.165, 1.54) is 0 Å². The van der Waals surface area contributed by atoms with Gasteiger partial charge in [0.15, 0.2) is 0 Å². The maximum atomic E-state index is 13.5. The van der Waals surface area contributed by atoms with E-state index in [1.807, 2.05) is 36.4 Å². The first-order chi connectivity index (χ1) is 23.4. The summed E-state index contributed by atoms with van der Waals surface area (Å²) in [6.45, 7) is 0.901. The molecular weight excluding hydrogens is 661 g/mol. The SMILES string of the molecule is COc1nc(-c2cccc(-c3ccnc(-c4ccc(CNC5CCOCC5)c(OC(F)F)c4)c3Cl)c2Cl)ccc1CNC1CCOCC1. The minimum absolute atomic E-state index is 0.0665. The van der Waals surface area contributed by atoms with E-state index < -0.39 is 6.61 Å². The fraction of sp³-hybridized carbons (Fsp3) is 0.389. The molecule has 2 aromatic heterocycles. The summed E-state index contributed by atoms with van der Waals surface area (Å²) in [4.78, 5) is 9.30. The average Bonchev–Trinajstić information content (AvgIpc) is 3.11. The molecule has 2 saturated heterocycles. The Morgan fingerprint density at radius 2 is 1.44 bits per heavy atom. The Labute approximate surface area is 289 Å². The molecule has 0 unspecified atom stereocenters. The van der Waals surface area contributed by atoms with Crippen molar-refractivity contribution in [2.45, 2.75) is 57.5 Å². The van der Waals surface area contributed by atoms with Crippen LogP contribution in [0.1, 0.15) is 36.8 Å². The van der Waals surface area contributed by atoms with Crippen molar-refractivity contribution in [1.82, 2.24) is 20.6 Å². The van der Waals surface area contributed by atoms with Crippen LogP contribution in [0, 0.1) is 0 Å². The maximum Gasteiger partial charge on any atom is 0.387 e. The van der Waals surface area contributed by atoms with Gasteiger partial charge in [-0.25, -0.2) is 4.98 Å². The lowest BCUT2D eigenvalue weighted by molar-refractivity contribution is -0.0505. The first-order valence-electron chi connectivity index (χ1n) is 16.1. The predicted octanol–water partition coefficient (Wildman–Crippen LogP) is 7.93. The van der Waals surface area contributed by atoms with Gasteiger partial charge in [0.2, 0.25) is 5.88 Å². The monoisotopic (exact) mass is 698 g/mol. The van der Waals surface area contributed by atoms with Crippen molar-refractivity contribution in [3.63, 3.8) is 0 Å². The zero-order valence-corrected chi connectivity index (χ0v) is 28.1. The van der Waals surface area contributed by atoms with E-state index in [4.69, 9.17) is 47.1 Å². The molecule has 0 radical (unpaired) electrons. The number of rotatable bonds is 12. The van der Waals surface area contributed by atoms with Crippen molar-refractivity contribution < 1.29 is 27.7 Å². The first kappa shape index (κ1) is 34.5. The molecule has 0 bridgehead atoms. The standard InChI is InChI=1S/C36H38Cl2F2N4O4/c1-45-35-24(21-43-26-12-17-47-18-13-26)7-8-30(44-35)29-4-2-3-27(32(29)37)28-9-14-41-34(33(28)38)22-5-6-23(31(19-22)48-36(39)40)20-42-25-10-15-46-16-11-25/h2-9,14,19,25-26,36,42-43H,10-13,15-18,20-21H2,1H3. The van der Waals surface area contributed by atoms with E-state index in [0.717, 1.165) is 44.5 Å². The summed E-state index contributed by atoms with van der Waals surface area (Å²) >= 11 is 14.0. The number of hydrogen-bond acceptors (Lipinski definition) is 8. The minimum Gasteiger partial charge on any atom is -0.481 e. The third kappa shape index (κ3) is 8.25. The number of alkyl halides is 2. The smallest absolute Gasteiger partial charge is 0.387 e. The Kier molecular flexibility index (Phi) is 11.7. The molecule has 12 heteroatoms. The molecule has 0 atom stereocenters. The van der Waals surface area contributed by atoms with E-state index in [1.54, 1.807) is 31.5 Å². The second-order valence-corrected chi connectivity index (χ2v) is 12.5. The second-order valence-electron chi connectivity index (χ2n) is 11.8. The quantitative estimate of drug-likeness (QED) is 0.154. The number of nitrogens with zero attached hydrogens (tertiary/aromatic N) is 2. The Bertz CT molecular complexity index is 1700. The van der Waals surface area contributed by atoms with Gasteiger partial charge < -0.3 is 29.6 Å². The van der Waals surface area contributed by atoms with Crippen LogP contribution in [0.3, 0.4) is 0 Å². The van der Waals surface area contributed by atoms with Gasteiger partial charge in [-0.2, -0.15) is 8.78 Å². The van der Waals surface area contributed by atoms with E-state index in [9.17, 15) is 8.78 Å². The van der Waals surface area contributed by atoms with Crippen molar-refractivity contribution in [3.8, 4) is 45.3 Å². The molecule has 0 saturated carbocycles. The molecule has 2 N–H and O–H groups in total. The highest BCUT2D eigenvalue weighted by molar-refractivity contribution is 6.39. The number of halogens is 4. The third-order valence-electron chi connectivity index (χ3n) is 8.75. The van der Waals surface area contributed by atoms with Crippen molar-refractivity contribution in [2.24, 2.45) is 0 Å². The lowest BCUT2D eigenvalue weighted by Crippen LogP contribution is -2.34. The van der Waals surface area contributed by atoms with E-state index in [2.05, 4.69) is 15.6 Å². The molecule has 2 aromatic carbocycles. The van der Waals surface area contributed by atoms with Crippen molar-refractivity contribution in [3.05, 3.63) is 82.0 Å². The summed E-state index contributed by atoms with van der Waals surface area (Å²) in [6.07, 6.45) is 5.29. The molecule has 0 aliphatic carbocycles. The molecule has 2 aliphatic heterocycles. The first-order valence-corrected chi connectivity index (χ1v) is 16.8. The fourth-order valence-electron chi connectivity index (χ4n) is 6.09. The molecular formula is C36H38Cl2F2N4O4. The van der Waals surface area contributed by atoms with E-state index in [0.29, 0.717) is 87.5 Å². The molecule has 6 rings (SSSR count). The van der Waals surface area contributed by atoms with Crippen LogP contribution < -0.4 is 20.1 Å². The number of hydrogen-bond donors (Lipinski definition) is 2. The van der Waals surface area contributed by atoms with Gasteiger partial charge in [-0.3, -0.25) is 4.98 Å². The van der Waals surface area contributed by atoms with Gasteiger partial charge in [0, 0.05) is 91.2 Å². The molecule has 0 spiro atoms. The van der Waals surface area contributed by atoms with Gasteiger partial charge in [-0.15, -0.1) is 0 Å². The number of methoxy groups -OCH3 is 1. The molecule has 2 fully saturated rings. The number of aromatic nitrogens is 2. The van der Waals surface area contributed by atoms with Crippen LogP contribution in [0.2, 0.25) is 10.0 Å². The molecule has 4 heterocycles. The predicted molar refractivity (Wildman–Crippen MR) is 183 cm³/mol. The number of benzene rings is 2. The zero-order chi connectivity index (χ0) is 33.5. The summed E-state index contributed by atoms with van der Waals surface area (Å²) < 4.78 is 48.4. The minimum atomic E-state index is -2.98. The van der Waals surface area contributed by atoms with Gasteiger partial charge in [0.25, 0.3) is 0 Å². The maximum absolute atomic E-state index is 13.5. The van der Waals surface area contributed by atoms with Crippen LogP contribution in [0.5, 0.6) is 11.6 Å². The fourth-order valence-corrected chi connectivity index (χ4v) is 6.73. The topological polar surface area (TPSA) is 86.8 Å². The summed E-state index contributed by atoms with van der Waals surface area (Å²) in [5, 5.41) is 7.78. The van der Waals surface area contributed by atoms with Crippen LogP contribution in [-0.4, -0.2) is 62.2 Å². The Morgan fingerprint density at radius 3 is 2.10 bits per heavy atom. The van der Waals surface area contributed by atoms with Gasteiger partial charge in [-0.1, -0.05) is 59.6 Å². The summed E-state index contributed by atoms with van der Waals surface area (Å²) in [5.74, 6) is 0.586. The number of nitrogens with one attached hydrogen (secondary N) is 2. The molecule has 4 aromatic rings. The van der Waals surface area contributed by atoms with Crippen LogP contribution in [-0.2, 0) is 22.6 Å². The van der Waals surface area contributed by atoms with Gasteiger partial charge in [0.1, 0.15) is 5.75 Å². The van der Waals surface area contributed by atoms with Crippen molar-refractivity contribution in [2.75, 3.05) is 33.5 Å². The van der Waals surface area contributed by atoms with Crippen LogP contribution in [0.15, 0.2) is 60.8 Å². The van der Waals surface area contributed by atoms with Gasteiger partial charge >= 0.3 is 6.61 Å². The summed E-state index contributed by atoms with van der Waals surface area (Å²) in [7, 11) is 1.60. The van der Waals surface area contributed by atoms with E-state index >= 15 is 0 Å². The molecule has 2 aliphatic rings. The highest BCUT2D eigenvalue weighted by atomic mass is 35.5. The molecule has 254 valence electrons. The molecule has 0 amide bonds. The Morgan fingerprint density at radius 1 is 0.812 bits per heavy atom. The lowest BCUT2D eigenvalue weighted by Gasteiger charge is -2.24. The molecule has 8 nitrogen and oxygen atoms in total. The lowest BCUT2D eigenvalue weighted by atomic mass is 9.99. The second kappa shape index (κ2) is 16.3. The Hall–Kier alpha value is -3.38. The average molecular weight is 700 g/mol. The summed E-state index contributed by atoms with van der Waals surface area (Å²) in [5.41, 5.74) is 5.19. The zero-order valence-electron chi connectivity index (χ0n) is 26.6. The highest BCUT2D eigenvalue weighted by Gasteiger charge is 2.21. The van der Waals surface area contributed by atoms with Crippen molar-refractivity contribution in [1.29, 1.82) is 0 Å². The normalized spacial score (nSPS) is 16.0. The van der Waals surface area contributed by atoms with Crippen molar-refractivity contribution >= 4 is 23.2 Å². The Balaban J connectivity index is 1.26. The molecule has 48 heavy (non-hydrogen) atoms. The third-order valence-corrected chi connectivity index (χ3v) is 9.54. The van der Waals surface area contributed by atoms with Crippen LogP contribution in [0.4, 0.5) is 8.78 Å². The van der Waals surface area contributed by atoms with Gasteiger partial charge in [-0.05, 0) is 43.9 Å². The largest absolute Gasteiger partial charge is 0.481 e. The summed E-state index contributed by atoms with van der Waals surface area (Å²) in [6, 6.07) is 17.1. The van der Waals surface area contributed by atoms with Crippen LogP contribution in [0.25, 0.3) is 33.6 Å². The van der Waals surface area contributed by atoms with Gasteiger partial charge in [0.05, 0.1) is 28.5 Å². The highest BCUT2D eigenvalue weighted by Crippen LogP contribution is 2.42. The van der Waals surface area contributed by atoms with Crippen LogP contribution >= 0.6 is 23.2 Å². The van der Waals surface area contributed by atoms with E-state index in [-0.39, 0.29) is 11.8 Å².